The van der Waals surface area contributed by atoms with Crippen LogP contribution in [0.2, 0.25) is 5.02 Å². The van der Waals surface area contributed by atoms with E-state index in [1.54, 1.807) is 6.07 Å². The lowest BCUT2D eigenvalue weighted by molar-refractivity contribution is 0.647. The molecule has 0 radical (unpaired) electrons. The first-order valence-corrected chi connectivity index (χ1v) is 7.27. The van der Waals surface area contributed by atoms with E-state index in [2.05, 4.69) is 20.9 Å². The van der Waals surface area contributed by atoms with E-state index in [1.807, 2.05) is 36.4 Å². The second-order valence-corrected chi connectivity index (χ2v) is 5.33. The molecule has 0 aliphatic carbocycles. The minimum atomic E-state index is 0.459. The van der Waals surface area contributed by atoms with Crippen molar-refractivity contribution in [2.75, 3.05) is 36.0 Å². The van der Waals surface area contributed by atoms with Crippen LogP contribution < -0.4 is 9.80 Å². The minimum Gasteiger partial charge on any atom is -0.367 e. The number of anilines is 2. The number of benzene rings is 1. The highest BCUT2D eigenvalue weighted by Crippen LogP contribution is 2.26. The maximum atomic E-state index is 8.93. The molecule has 1 aliphatic rings. The molecule has 1 saturated heterocycles. The van der Waals surface area contributed by atoms with Crippen molar-refractivity contribution in [1.29, 1.82) is 5.26 Å². The highest BCUT2D eigenvalue weighted by molar-refractivity contribution is 6.33. The number of halogens is 1. The third-order valence-corrected chi connectivity index (χ3v) is 3.97. The van der Waals surface area contributed by atoms with Crippen LogP contribution in [-0.2, 0) is 0 Å². The largest absolute Gasteiger partial charge is 0.367 e. The van der Waals surface area contributed by atoms with Gasteiger partial charge in [-0.15, -0.1) is 0 Å². The first-order chi connectivity index (χ1) is 10.3. The minimum absolute atomic E-state index is 0.459. The van der Waals surface area contributed by atoms with Gasteiger partial charge in [0.05, 0.1) is 10.7 Å². The highest BCUT2D eigenvalue weighted by Gasteiger charge is 2.19. The number of nitriles is 1. The molecule has 0 N–H and O–H groups in total. The Bertz CT molecular complexity index is 672. The van der Waals surface area contributed by atoms with Crippen molar-refractivity contribution in [2.24, 2.45) is 0 Å². The van der Waals surface area contributed by atoms with Crippen LogP contribution in [0.5, 0.6) is 0 Å². The summed E-state index contributed by atoms with van der Waals surface area (Å²) >= 11 is 6.25. The van der Waals surface area contributed by atoms with E-state index in [-0.39, 0.29) is 0 Å². The van der Waals surface area contributed by atoms with Crippen LogP contribution in [0.1, 0.15) is 5.69 Å². The van der Waals surface area contributed by atoms with Crippen LogP contribution in [0.3, 0.4) is 0 Å². The van der Waals surface area contributed by atoms with E-state index < -0.39 is 0 Å². The summed E-state index contributed by atoms with van der Waals surface area (Å²) in [5.74, 6) is 0.868. The number of hydrogen-bond donors (Lipinski definition) is 0. The number of hydrogen-bond acceptors (Lipinski definition) is 4. The average Bonchev–Trinajstić information content (AvgIpc) is 2.56. The molecule has 1 aliphatic heterocycles. The van der Waals surface area contributed by atoms with Gasteiger partial charge in [0.2, 0.25) is 0 Å². The maximum Gasteiger partial charge on any atom is 0.142 e. The number of pyridine rings is 1. The van der Waals surface area contributed by atoms with Gasteiger partial charge in [-0.1, -0.05) is 29.8 Å². The van der Waals surface area contributed by atoms with Crippen molar-refractivity contribution in [3.05, 3.63) is 53.2 Å². The lowest BCUT2D eigenvalue weighted by Crippen LogP contribution is -2.47. The standard InChI is InChI=1S/C16H15ClN4/c17-14-5-1-2-6-15(14)20-8-10-21(11-9-20)16-7-3-4-13(12-18)19-16/h1-7H,8-11H2. The fraction of sp³-hybridized carbons (Fsp3) is 0.250. The molecule has 3 rings (SSSR count). The highest BCUT2D eigenvalue weighted by atomic mass is 35.5. The second kappa shape index (κ2) is 6.02. The monoisotopic (exact) mass is 298 g/mol. The lowest BCUT2D eigenvalue weighted by atomic mass is 10.2. The van der Waals surface area contributed by atoms with E-state index in [1.165, 1.54) is 0 Å². The Balaban J connectivity index is 1.71. The molecule has 106 valence electrons. The quantitative estimate of drug-likeness (QED) is 0.855. The summed E-state index contributed by atoms with van der Waals surface area (Å²) < 4.78 is 0. The number of piperazine rings is 1. The topological polar surface area (TPSA) is 43.2 Å². The van der Waals surface area contributed by atoms with Gasteiger partial charge in [-0.25, -0.2) is 4.98 Å². The van der Waals surface area contributed by atoms with Crippen LogP contribution in [0.15, 0.2) is 42.5 Å². The summed E-state index contributed by atoms with van der Waals surface area (Å²) in [6.45, 7) is 3.52. The van der Waals surface area contributed by atoms with Gasteiger partial charge in [0, 0.05) is 26.2 Å². The number of rotatable bonds is 2. The van der Waals surface area contributed by atoms with E-state index in [0.29, 0.717) is 5.69 Å². The Morgan fingerprint density at radius 3 is 2.38 bits per heavy atom. The number of nitrogens with zero attached hydrogens (tertiary/aromatic N) is 4. The fourth-order valence-electron chi connectivity index (χ4n) is 2.55. The molecule has 0 spiro atoms. The first kappa shape index (κ1) is 13.7. The molecule has 21 heavy (non-hydrogen) atoms. The summed E-state index contributed by atoms with van der Waals surface area (Å²) in [5, 5.41) is 9.72. The van der Waals surface area contributed by atoms with Crippen LogP contribution in [0.25, 0.3) is 0 Å². The van der Waals surface area contributed by atoms with Gasteiger partial charge in [-0.05, 0) is 24.3 Å². The Hall–Kier alpha value is -2.25. The van der Waals surface area contributed by atoms with E-state index >= 15 is 0 Å². The Morgan fingerprint density at radius 2 is 1.67 bits per heavy atom. The zero-order valence-electron chi connectivity index (χ0n) is 11.5. The molecular weight excluding hydrogens is 284 g/mol. The van der Waals surface area contributed by atoms with E-state index in [9.17, 15) is 0 Å². The van der Waals surface area contributed by atoms with Crippen molar-refractivity contribution >= 4 is 23.1 Å². The molecule has 0 atom stereocenters. The third kappa shape index (κ3) is 2.93. The molecule has 1 aromatic carbocycles. The molecule has 1 aromatic heterocycles. The SMILES string of the molecule is N#Cc1cccc(N2CCN(c3ccccc3Cl)CC2)n1. The van der Waals surface area contributed by atoms with Gasteiger partial charge in [-0.3, -0.25) is 0 Å². The molecule has 0 saturated carbocycles. The van der Waals surface area contributed by atoms with E-state index in [0.717, 1.165) is 42.7 Å². The Kier molecular flexibility index (Phi) is 3.94. The smallest absolute Gasteiger partial charge is 0.142 e. The maximum absolute atomic E-state index is 8.93. The molecule has 2 heterocycles. The Morgan fingerprint density at radius 1 is 0.952 bits per heavy atom. The molecule has 5 heteroatoms. The summed E-state index contributed by atoms with van der Waals surface area (Å²) in [7, 11) is 0. The fourth-order valence-corrected chi connectivity index (χ4v) is 2.80. The van der Waals surface area contributed by atoms with Crippen LogP contribution in [0, 0.1) is 11.3 Å². The van der Waals surface area contributed by atoms with Gasteiger partial charge in [0.1, 0.15) is 17.6 Å². The second-order valence-electron chi connectivity index (χ2n) is 4.92. The summed E-state index contributed by atoms with van der Waals surface area (Å²) in [5.41, 5.74) is 1.54. The zero-order chi connectivity index (χ0) is 14.7. The number of para-hydroxylation sites is 1. The first-order valence-electron chi connectivity index (χ1n) is 6.89. The van der Waals surface area contributed by atoms with E-state index in [4.69, 9.17) is 16.9 Å². The van der Waals surface area contributed by atoms with Crippen LogP contribution >= 0.6 is 11.6 Å². The van der Waals surface area contributed by atoms with Gasteiger partial charge in [-0.2, -0.15) is 5.26 Å². The van der Waals surface area contributed by atoms with Crippen molar-refractivity contribution < 1.29 is 0 Å². The van der Waals surface area contributed by atoms with Gasteiger partial charge >= 0.3 is 0 Å². The average molecular weight is 299 g/mol. The van der Waals surface area contributed by atoms with Gasteiger partial charge in [0.25, 0.3) is 0 Å². The number of aromatic nitrogens is 1. The van der Waals surface area contributed by atoms with Gasteiger partial charge < -0.3 is 9.80 Å². The summed E-state index contributed by atoms with van der Waals surface area (Å²) in [6.07, 6.45) is 0. The molecule has 2 aromatic rings. The van der Waals surface area contributed by atoms with Crippen LogP contribution in [0.4, 0.5) is 11.5 Å². The summed E-state index contributed by atoms with van der Waals surface area (Å²) in [4.78, 5) is 8.84. The lowest BCUT2D eigenvalue weighted by Gasteiger charge is -2.37. The van der Waals surface area contributed by atoms with Crippen molar-refractivity contribution in [2.45, 2.75) is 0 Å². The predicted molar refractivity (Wildman–Crippen MR) is 84.8 cm³/mol. The molecule has 0 bridgehead atoms. The molecule has 1 fully saturated rings. The van der Waals surface area contributed by atoms with Gasteiger partial charge in [0.15, 0.2) is 0 Å². The molecular formula is C16H15ClN4. The Labute approximate surface area is 129 Å². The van der Waals surface area contributed by atoms with Crippen molar-refractivity contribution in [3.8, 4) is 6.07 Å². The van der Waals surface area contributed by atoms with Crippen molar-refractivity contribution in [1.82, 2.24) is 4.98 Å². The molecule has 4 nitrogen and oxygen atoms in total. The third-order valence-electron chi connectivity index (χ3n) is 3.65. The van der Waals surface area contributed by atoms with Crippen LogP contribution in [-0.4, -0.2) is 31.2 Å². The molecule has 0 unspecified atom stereocenters. The van der Waals surface area contributed by atoms with Crippen molar-refractivity contribution in [3.63, 3.8) is 0 Å². The molecule has 0 amide bonds. The predicted octanol–water partition coefficient (Wildman–Crippen LogP) is 2.93. The normalized spacial score (nSPS) is 14.9. The zero-order valence-corrected chi connectivity index (χ0v) is 12.3. The summed E-state index contributed by atoms with van der Waals surface area (Å²) in [6, 6.07) is 15.6.